The van der Waals surface area contributed by atoms with E-state index in [2.05, 4.69) is 5.32 Å². The van der Waals surface area contributed by atoms with Crippen LogP contribution in [-0.2, 0) is 11.2 Å². The van der Waals surface area contributed by atoms with Gasteiger partial charge in [-0.1, -0.05) is 0 Å². The summed E-state index contributed by atoms with van der Waals surface area (Å²) in [5, 5.41) is 2.98. The average Bonchev–Trinajstić information content (AvgIpc) is 2.87. The molecule has 1 aliphatic carbocycles. The fourth-order valence-electron chi connectivity index (χ4n) is 1.49. The van der Waals surface area contributed by atoms with Crippen LogP contribution in [0.15, 0.2) is 22.8 Å². The summed E-state index contributed by atoms with van der Waals surface area (Å²) in [5.41, 5.74) is 0. The Morgan fingerprint density at radius 3 is 3.07 bits per heavy atom. The second-order valence-corrected chi connectivity index (χ2v) is 3.97. The first-order chi connectivity index (χ1) is 6.75. The highest BCUT2D eigenvalue weighted by molar-refractivity contribution is 5.81. The number of furan rings is 1. The largest absolute Gasteiger partial charge is 0.469 e. The molecule has 14 heavy (non-hydrogen) atoms. The van der Waals surface area contributed by atoms with E-state index in [1.807, 2.05) is 19.1 Å². The summed E-state index contributed by atoms with van der Waals surface area (Å²) in [4.78, 5) is 11.4. The van der Waals surface area contributed by atoms with Gasteiger partial charge in [-0.05, 0) is 31.9 Å². The molecular weight excluding hydrogens is 178 g/mol. The Labute approximate surface area is 83.5 Å². The zero-order valence-corrected chi connectivity index (χ0v) is 8.32. The third kappa shape index (κ3) is 2.37. The molecule has 3 nitrogen and oxygen atoms in total. The predicted molar refractivity (Wildman–Crippen MR) is 52.7 cm³/mol. The molecule has 1 aromatic rings. The van der Waals surface area contributed by atoms with E-state index in [1.165, 1.54) is 0 Å². The van der Waals surface area contributed by atoms with Crippen molar-refractivity contribution in [2.75, 3.05) is 0 Å². The van der Waals surface area contributed by atoms with Gasteiger partial charge < -0.3 is 9.73 Å². The van der Waals surface area contributed by atoms with E-state index >= 15 is 0 Å². The molecule has 0 radical (unpaired) electrons. The molecule has 1 aliphatic rings. The van der Waals surface area contributed by atoms with Gasteiger partial charge in [0.1, 0.15) is 5.76 Å². The number of nitrogens with one attached hydrogen (secondary N) is 1. The normalized spacial score (nSPS) is 17.8. The van der Waals surface area contributed by atoms with E-state index in [4.69, 9.17) is 4.42 Å². The summed E-state index contributed by atoms with van der Waals surface area (Å²) >= 11 is 0. The lowest BCUT2D eigenvalue weighted by Gasteiger charge is -2.11. The van der Waals surface area contributed by atoms with E-state index in [-0.39, 0.29) is 17.9 Å². The molecular formula is C11H15NO2. The molecule has 1 atom stereocenters. The van der Waals surface area contributed by atoms with Gasteiger partial charge in [-0.2, -0.15) is 0 Å². The van der Waals surface area contributed by atoms with Gasteiger partial charge in [0, 0.05) is 18.4 Å². The van der Waals surface area contributed by atoms with Crippen LogP contribution in [0.4, 0.5) is 0 Å². The van der Waals surface area contributed by atoms with Gasteiger partial charge in [0.25, 0.3) is 0 Å². The summed E-state index contributed by atoms with van der Waals surface area (Å²) < 4.78 is 5.21. The zero-order chi connectivity index (χ0) is 9.97. The van der Waals surface area contributed by atoms with Gasteiger partial charge in [-0.15, -0.1) is 0 Å². The minimum Gasteiger partial charge on any atom is -0.469 e. The van der Waals surface area contributed by atoms with Crippen LogP contribution in [0.5, 0.6) is 0 Å². The molecule has 0 unspecified atom stereocenters. The topological polar surface area (TPSA) is 42.2 Å². The van der Waals surface area contributed by atoms with Gasteiger partial charge in [0.05, 0.1) is 6.26 Å². The monoisotopic (exact) mass is 193 g/mol. The number of rotatable bonds is 4. The third-order valence-electron chi connectivity index (χ3n) is 2.42. The summed E-state index contributed by atoms with van der Waals surface area (Å²) in [7, 11) is 0. The minimum atomic E-state index is 0.161. The van der Waals surface area contributed by atoms with Crippen molar-refractivity contribution in [2.45, 2.75) is 32.2 Å². The predicted octanol–water partition coefficient (Wildman–Crippen LogP) is 1.74. The molecule has 1 N–H and O–H groups in total. The molecule has 3 heteroatoms. The van der Waals surface area contributed by atoms with Gasteiger partial charge in [0.2, 0.25) is 5.91 Å². The molecule has 76 valence electrons. The molecule has 1 fully saturated rings. The number of amides is 1. The van der Waals surface area contributed by atoms with Crippen LogP contribution in [0, 0.1) is 5.92 Å². The number of carbonyl (C=O) groups is 1. The van der Waals surface area contributed by atoms with E-state index in [1.54, 1.807) is 6.26 Å². The van der Waals surface area contributed by atoms with Gasteiger partial charge in [0.15, 0.2) is 0 Å². The Bertz CT molecular complexity index is 301. The summed E-state index contributed by atoms with van der Waals surface area (Å²) in [6, 6.07) is 3.96. The minimum absolute atomic E-state index is 0.161. The fourth-order valence-corrected chi connectivity index (χ4v) is 1.49. The van der Waals surface area contributed by atoms with E-state index < -0.39 is 0 Å². The Kier molecular flexibility index (Phi) is 2.57. The van der Waals surface area contributed by atoms with E-state index in [9.17, 15) is 4.79 Å². The highest BCUT2D eigenvalue weighted by atomic mass is 16.3. The van der Waals surface area contributed by atoms with Crippen LogP contribution in [0.25, 0.3) is 0 Å². The second-order valence-electron chi connectivity index (χ2n) is 3.97. The smallest absolute Gasteiger partial charge is 0.223 e. The Morgan fingerprint density at radius 2 is 2.50 bits per heavy atom. The van der Waals surface area contributed by atoms with Crippen molar-refractivity contribution in [1.82, 2.24) is 5.32 Å². The lowest BCUT2D eigenvalue weighted by atomic mass is 10.2. The molecule has 0 spiro atoms. The van der Waals surface area contributed by atoms with Crippen LogP contribution < -0.4 is 5.32 Å². The van der Waals surface area contributed by atoms with Gasteiger partial charge in [-0.25, -0.2) is 0 Å². The van der Waals surface area contributed by atoms with Crippen LogP contribution in [0.1, 0.15) is 25.5 Å². The highest BCUT2D eigenvalue weighted by Gasteiger charge is 2.30. The van der Waals surface area contributed by atoms with Crippen molar-refractivity contribution in [2.24, 2.45) is 5.92 Å². The van der Waals surface area contributed by atoms with Crippen molar-refractivity contribution in [3.8, 4) is 0 Å². The van der Waals surface area contributed by atoms with Crippen LogP contribution in [0.2, 0.25) is 0 Å². The fraction of sp³-hybridized carbons (Fsp3) is 0.545. The van der Waals surface area contributed by atoms with Crippen molar-refractivity contribution in [3.63, 3.8) is 0 Å². The van der Waals surface area contributed by atoms with Crippen molar-refractivity contribution in [1.29, 1.82) is 0 Å². The molecule has 0 aliphatic heterocycles. The maximum Gasteiger partial charge on any atom is 0.223 e. The number of hydrogen-bond donors (Lipinski definition) is 1. The number of hydrogen-bond acceptors (Lipinski definition) is 2. The Morgan fingerprint density at radius 1 is 1.71 bits per heavy atom. The van der Waals surface area contributed by atoms with E-state index in [0.29, 0.717) is 0 Å². The Balaban J connectivity index is 1.78. The number of carbonyl (C=O) groups excluding carboxylic acids is 1. The average molecular weight is 193 g/mol. The molecule has 1 aromatic heterocycles. The second kappa shape index (κ2) is 3.86. The molecule has 1 saturated carbocycles. The Hall–Kier alpha value is -1.25. The highest BCUT2D eigenvalue weighted by Crippen LogP contribution is 2.28. The van der Waals surface area contributed by atoms with Crippen LogP contribution >= 0.6 is 0 Å². The van der Waals surface area contributed by atoms with Crippen LogP contribution in [-0.4, -0.2) is 11.9 Å². The third-order valence-corrected chi connectivity index (χ3v) is 2.42. The standard InChI is InChI=1S/C11H15NO2/c1-8(7-10-3-2-6-14-10)12-11(13)9-4-5-9/h2-3,6,8-9H,4-5,7H2,1H3,(H,12,13)/t8-/m1/s1. The first-order valence-electron chi connectivity index (χ1n) is 5.08. The summed E-state index contributed by atoms with van der Waals surface area (Å²) in [6.07, 6.45) is 4.54. The molecule has 0 saturated heterocycles. The zero-order valence-electron chi connectivity index (χ0n) is 8.32. The van der Waals surface area contributed by atoms with Crippen molar-refractivity contribution < 1.29 is 9.21 Å². The first kappa shape index (κ1) is 9.31. The molecule has 0 aromatic carbocycles. The lowest BCUT2D eigenvalue weighted by Crippen LogP contribution is -2.34. The molecule has 1 heterocycles. The van der Waals surface area contributed by atoms with Crippen LogP contribution in [0.3, 0.4) is 0 Å². The van der Waals surface area contributed by atoms with Crippen molar-refractivity contribution >= 4 is 5.91 Å². The molecule has 0 bridgehead atoms. The molecule has 1 amide bonds. The molecule has 2 rings (SSSR count). The van der Waals surface area contributed by atoms with Gasteiger partial charge in [-0.3, -0.25) is 4.79 Å². The maximum absolute atomic E-state index is 11.4. The van der Waals surface area contributed by atoms with Gasteiger partial charge >= 0.3 is 0 Å². The SMILES string of the molecule is C[C@H](Cc1ccco1)NC(=O)C1CC1. The first-order valence-corrected chi connectivity index (χ1v) is 5.08. The maximum atomic E-state index is 11.4. The lowest BCUT2D eigenvalue weighted by molar-refractivity contribution is -0.122. The summed E-state index contributed by atoms with van der Waals surface area (Å²) in [6.45, 7) is 2.00. The van der Waals surface area contributed by atoms with E-state index in [0.717, 1.165) is 25.0 Å². The quantitative estimate of drug-likeness (QED) is 0.791. The van der Waals surface area contributed by atoms with Crippen molar-refractivity contribution in [3.05, 3.63) is 24.2 Å². The summed E-state index contributed by atoms with van der Waals surface area (Å²) in [5.74, 6) is 1.41.